The van der Waals surface area contributed by atoms with Gasteiger partial charge in [0.05, 0.1) is 17.7 Å². The molecule has 0 saturated heterocycles. The number of halogens is 1. The number of benzene rings is 2. The van der Waals surface area contributed by atoms with Gasteiger partial charge in [-0.25, -0.2) is 4.79 Å². The third kappa shape index (κ3) is 6.36. The molecule has 0 fully saturated rings. The van der Waals surface area contributed by atoms with Gasteiger partial charge in [0, 0.05) is 11.9 Å². The standard InChI is InChI=1S/C20H21BrN2O4/c21-11-16-7-6-15(12-22)10-17(16)19(25)18(24)8-9-23-20(26)27-13-14-4-2-1-3-5-14/h1-7,10,18-19,24-25H,8-9,11,13H2,(H,23,26). The summed E-state index contributed by atoms with van der Waals surface area (Å²) in [7, 11) is 0. The van der Waals surface area contributed by atoms with Crippen LogP contribution in [0.1, 0.15) is 34.8 Å². The van der Waals surface area contributed by atoms with Crippen molar-refractivity contribution in [3.8, 4) is 6.07 Å². The number of aliphatic hydroxyl groups excluding tert-OH is 2. The Morgan fingerprint density at radius 2 is 1.96 bits per heavy atom. The van der Waals surface area contributed by atoms with Gasteiger partial charge in [0.1, 0.15) is 12.7 Å². The van der Waals surface area contributed by atoms with Gasteiger partial charge in [0.25, 0.3) is 0 Å². The fourth-order valence-electron chi connectivity index (χ4n) is 2.52. The molecule has 2 rings (SSSR count). The second kappa shape index (κ2) is 10.7. The number of carbonyl (C=O) groups is 1. The average molecular weight is 433 g/mol. The molecule has 1 amide bonds. The first-order valence-corrected chi connectivity index (χ1v) is 9.57. The molecule has 0 spiro atoms. The molecule has 0 saturated carbocycles. The Morgan fingerprint density at radius 1 is 1.22 bits per heavy atom. The molecule has 7 heteroatoms. The number of ether oxygens (including phenoxy) is 1. The lowest BCUT2D eigenvalue weighted by Crippen LogP contribution is -2.30. The van der Waals surface area contributed by atoms with Crippen molar-refractivity contribution in [2.75, 3.05) is 6.54 Å². The first-order chi connectivity index (χ1) is 13.0. The molecule has 0 bridgehead atoms. The molecule has 3 N–H and O–H groups in total. The zero-order chi connectivity index (χ0) is 19.6. The van der Waals surface area contributed by atoms with E-state index in [1.54, 1.807) is 18.2 Å². The molecule has 0 aliphatic rings. The van der Waals surface area contributed by atoms with E-state index in [9.17, 15) is 15.0 Å². The van der Waals surface area contributed by atoms with Gasteiger partial charge < -0.3 is 20.3 Å². The zero-order valence-corrected chi connectivity index (χ0v) is 16.2. The van der Waals surface area contributed by atoms with E-state index >= 15 is 0 Å². The van der Waals surface area contributed by atoms with Crippen molar-refractivity contribution in [3.63, 3.8) is 0 Å². The van der Waals surface area contributed by atoms with Crippen LogP contribution in [0.3, 0.4) is 0 Å². The molecular formula is C20H21BrN2O4. The summed E-state index contributed by atoms with van der Waals surface area (Å²) in [5.41, 5.74) is 2.56. The number of nitrogens with one attached hydrogen (secondary N) is 1. The molecule has 0 aliphatic heterocycles. The number of amides is 1. The molecule has 2 atom stereocenters. The van der Waals surface area contributed by atoms with Crippen LogP contribution in [0.2, 0.25) is 0 Å². The highest BCUT2D eigenvalue weighted by molar-refractivity contribution is 9.08. The summed E-state index contributed by atoms with van der Waals surface area (Å²) in [6, 6.07) is 16.3. The number of alkyl carbamates (subject to hydrolysis) is 1. The van der Waals surface area contributed by atoms with E-state index in [1.807, 2.05) is 36.4 Å². The van der Waals surface area contributed by atoms with Crippen molar-refractivity contribution in [2.45, 2.75) is 30.6 Å². The minimum absolute atomic E-state index is 0.139. The molecule has 6 nitrogen and oxygen atoms in total. The summed E-state index contributed by atoms with van der Waals surface area (Å²) in [4.78, 5) is 11.7. The first kappa shape index (κ1) is 20.9. The lowest BCUT2D eigenvalue weighted by Gasteiger charge is -2.20. The van der Waals surface area contributed by atoms with Crippen molar-refractivity contribution >= 4 is 22.0 Å². The largest absolute Gasteiger partial charge is 0.445 e. The number of rotatable bonds is 8. The van der Waals surface area contributed by atoms with Crippen molar-refractivity contribution in [2.24, 2.45) is 0 Å². The fraction of sp³-hybridized carbons (Fsp3) is 0.300. The number of aliphatic hydroxyl groups is 2. The Bertz CT molecular complexity index is 792. The van der Waals surface area contributed by atoms with Crippen LogP contribution in [0, 0.1) is 11.3 Å². The summed E-state index contributed by atoms with van der Waals surface area (Å²) in [6.07, 6.45) is -2.70. The SMILES string of the molecule is N#Cc1ccc(CBr)c(C(O)C(O)CCNC(=O)OCc2ccccc2)c1. The van der Waals surface area contributed by atoms with E-state index in [0.717, 1.165) is 11.1 Å². The highest BCUT2D eigenvalue weighted by atomic mass is 79.9. The second-order valence-electron chi connectivity index (χ2n) is 5.95. The zero-order valence-electron chi connectivity index (χ0n) is 14.6. The van der Waals surface area contributed by atoms with Gasteiger partial charge in [-0.05, 0) is 35.2 Å². The third-order valence-corrected chi connectivity index (χ3v) is 4.63. The normalized spacial score (nSPS) is 12.7. The Labute approximate surface area is 166 Å². The van der Waals surface area contributed by atoms with E-state index in [1.165, 1.54) is 0 Å². The predicted molar refractivity (Wildman–Crippen MR) is 104 cm³/mol. The molecular weight excluding hydrogens is 412 g/mol. The van der Waals surface area contributed by atoms with Crippen LogP contribution in [-0.2, 0) is 16.7 Å². The maximum Gasteiger partial charge on any atom is 0.407 e. The van der Waals surface area contributed by atoms with Crippen molar-refractivity contribution < 1.29 is 19.7 Å². The van der Waals surface area contributed by atoms with E-state index in [2.05, 4.69) is 21.2 Å². The average Bonchev–Trinajstić information content (AvgIpc) is 2.71. The molecule has 2 aromatic carbocycles. The number of carbonyl (C=O) groups excluding carboxylic acids is 1. The predicted octanol–water partition coefficient (Wildman–Crippen LogP) is 3.16. The molecule has 0 heterocycles. The molecule has 2 aromatic rings. The van der Waals surface area contributed by atoms with Gasteiger partial charge in [-0.3, -0.25) is 0 Å². The summed E-state index contributed by atoms with van der Waals surface area (Å²) in [6.45, 7) is 0.306. The van der Waals surface area contributed by atoms with Crippen molar-refractivity contribution in [3.05, 3.63) is 70.8 Å². The minimum Gasteiger partial charge on any atom is -0.445 e. The Balaban J connectivity index is 1.82. The lowest BCUT2D eigenvalue weighted by molar-refractivity contribution is 0.0132. The van der Waals surface area contributed by atoms with Gasteiger partial charge in [0.15, 0.2) is 0 Å². The maximum atomic E-state index is 11.7. The molecule has 0 radical (unpaired) electrons. The van der Waals surface area contributed by atoms with Crippen LogP contribution in [0.25, 0.3) is 0 Å². The van der Waals surface area contributed by atoms with Crippen LogP contribution in [-0.4, -0.2) is 29.0 Å². The van der Waals surface area contributed by atoms with Crippen LogP contribution < -0.4 is 5.32 Å². The van der Waals surface area contributed by atoms with Crippen LogP contribution in [0.15, 0.2) is 48.5 Å². The van der Waals surface area contributed by atoms with E-state index in [4.69, 9.17) is 10.00 Å². The summed E-state index contributed by atoms with van der Waals surface area (Å²) in [5.74, 6) is 0. The summed E-state index contributed by atoms with van der Waals surface area (Å²) in [5, 5.41) is 32.7. The second-order valence-corrected chi connectivity index (χ2v) is 6.51. The number of alkyl halides is 1. The highest BCUT2D eigenvalue weighted by Crippen LogP contribution is 2.25. The van der Waals surface area contributed by atoms with E-state index in [-0.39, 0.29) is 19.6 Å². The fourth-order valence-corrected chi connectivity index (χ4v) is 3.03. The Hall–Kier alpha value is -2.40. The number of nitrogens with zero attached hydrogens (tertiary/aromatic N) is 1. The lowest BCUT2D eigenvalue weighted by atomic mass is 9.96. The maximum absolute atomic E-state index is 11.7. The molecule has 142 valence electrons. The van der Waals surface area contributed by atoms with Gasteiger partial charge >= 0.3 is 6.09 Å². The number of nitriles is 1. The van der Waals surface area contributed by atoms with E-state index in [0.29, 0.717) is 16.5 Å². The Kier molecular flexibility index (Phi) is 8.27. The number of hydrogen-bond acceptors (Lipinski definition) is 5. The van der Waals surface area contributed by atoms with Gasteiger partial charge in [-0.2, -0.15) is 5.26 Å². The molecule has 27 heavy (non-hydrogen) atoms. The molecule has 2 unspecified atom stereocenters. The highest BCUT2D eigenvalue weighted by Gasteiger charge is 2.21. The third-order valence-electron chi connectivity index (χ3n) is 4.02. The topological polar surface area (TPSA) is 103 Å². The van der Waals surface area contributed by atoms with Crippen LogP contribution in [0.4, 0.5) is 4.79 Å². The minimum atomic E-state index is -1.16. The van der Waals surface area contributed by atoms with Gasteiger partial charge in [-0.1, -0.05) is 52.3 Å². The molecule has 0 aliphatic carbocycles. The van der Waals surface area contributed by atoms with E-state index < -0.39 is 18.3 Å². The van der Waals surface area contributed by atoms with Crippen molar-refractivity contribution in [1.29, 1.82) is 5.26 Å². The monoisotopic (exact) mass is 432 g/mol. The summed E-state index contributed by atoms with van der Waals surface area (Å²) >= 11 is 3.33. The Morgan fingerprint density at radius 3 is 2.63 bits per heavy atom. The van der Waals surface area contributed by atoms with Crippen LogP contribution >= 0.6 is 15.9 Å². The number of hydrogen-bond donors (Lipinski definition) is 3. The molecule has 0 aromatic heterocycles. The van der Waals surface area contributed by atoms with Gasteiger partial charge in [-0.15, -0.1) is 0 Å². The smallest absolute Gasteiger partial charge is 0.407 e. The van der Waals surface area contributed by atoms with Crippen LogP contribution in [0.5, 0.6) is 0 Å². The quantitative estimate of drug-likeness (QED) is 0.555. The summed E-state index contributed by atoms with van der Waals surface area (Å²) < 4.78 is 5.09. The first-order valence-electron chi connectivity index (χ1n) is 8.44. The van der Waals surface area contributed by atoms with Crippen molar-refractivity contribution in [1.82, 2.24) is 5.32 Å². The van der Waals surface area contributed by atoms with Gasteiger partial charge in [0.2, 0.25) is 0 Å².